The minimum atomic E-state index is -0.0203. The maximum absolute atomic E-state index is 12.3. The molecule has 0 spiro atoms. The van der Waals surface area contributed by atoms with Crippen molar-refractivity contribution in [2.24, 2.45) is 5.41 Å². The first-order valence-electron chi connectivity index (χ1n) is 9.93. The molecule has 158 valence electrons. The number of carbonyl (C=O) groups excluding carboxylic acids is 1. The van der Waals surface area contributed by atoms with Gasteiger partial charge in [-0.25, -0.2) is 0 Å². The van der Waals surface area contributed by atoms with E-state index in [4.69, 9.17) is 23.2 Å². The van der Waals surface area contributed by atoms with Crippen molar-refractivity contribution in [1.29, 1.82) is 0 Å². The number of aromatic nitrogens is 4. The van der Waals surface area contributed by atoms with E-state index in [-0.39, 0.29) is 22.5 Å². The Morgan fingerprint density at radius 3 is 2.67 bits per heavy atom. The largest absolute Gasteiger partial charge is 0.366 e. The summed E-state index contributed by atoms with van der Waals surface area (Å²) in [6.07, 6.45) is 2.84. The summed E-state index contributed by atoms with van der Waals surface area (Å²) in [6, 6.07) is 5.63. The summed E-state index contributed by atoms with van der Waals surface area (Å²) in [7, 11) is 0. The Hall–Kier alpha value is -2.38. The summed E-state index contributed by atoms with van der Waals surface area (Å²) < 4.78 is 1.63. The van der Waals surface area contributed by atoms with E-state index in [2.05, 4.69) is 48.1 Å². The monoisotopic (exact) mass is 446 g/mol. The number of nitrogens with zero attached hydrogens (tertiary/aromatic N) is 5. The quantitative estimate of drug-likeness (QED) is 0.565. The minimum Gasteiger partial charge on any atom is -0.366 e. The highest BCUT2D eigenvalue weighted by atomic mass is 35.5. The number of hydrogen-bond donors (Lipinski definition) is 1. The highest BCUT2D eigenvalue weighted by molar-refractivity contribution is 6.36. The van der Waals surface area contributed by atoms with Crippen LogP contribution in [0, 0.1) is 5.41 Å². The number of benzene rings is 1. The van der Waals surface area contributed by atoms with Gasteiger partial charge in [0.2, 0.25) is 5.91 Å². The van der Waals surface area contributed by atoms with E-state index in [0.717, 1.165) is 12.1 Å². The van der Waals surface area contributed by atoms with E-state index in [9.17, 15) is 4.79 Å². The second-order valence-electron chi connectivity index (χ2n) is 8.64. The van der Waals surface area contributed by atoms with Gasteiger partial charge in [-0.1, -0.05) is 44.0 Å². The molecule has 2 aromatic heterocycles. The second-order valence-corrected chi connectivity index (χ2v) is 9.41. The van der Waals surface area contributed by atoms with E-state index < -0.39 is 0 Å². The van der Waals surface area contributed by atoms with Crippen LogP contribution in [0.15, 0.2) is 24.5 Å². The van der Waals surface area contributed by atoms with E-state index in [1.807, 2.05) is 12.1 Å². The fourth-order valence-electron chi connectivity index (χ4n) is 3.40. The number of hydrogen-bond acceptors (Lipinski definition) is 5. The number of fused-ring (bicyclic) bond motifs is 1. The molecule has 0 saturated carbocycles. The number of carbonyl (C=O) groups is 1. The van der Waals surface area contributed by atoms with Gasteiger partial charge in [0.15, 0.2) is 0 Å². The highest BCUT2D eigenvalue weighted by Crippen LogP contribution is 2.41. The number of anilines is 2. The molecule has 1 aliphatic rings. The van der Waals surface area contributed by atoms with Gasteiger partial charge in [-0.3, -0.25) is 4.79 Å². The van der Waals surface area contributed by atoms with E-state index in [0.29, 0.717) is 40.7 Å². The zero-order chi connectivity index (χ0) is 21.6. The first-order chi connectivity index (χ1) is 14.2. The van der Waals surface area contributed by atoms with Gasteiger partial charge in [0.1, 0.15) is 17.3 Å². The van der Waals surface area contributed by atoms with E-state index >= 15 is 0 Å². The Balaban J connectivity index is 1.91. The molecule has 0 radical (unpaired) electrons. The van der Waals surface area contributed by atoms with Crippen LogP contribution in [0.3, 0.4) is 0 Å². The van der Waals surface area contributed by atoms with Crippen molar-refractivity contribution in [2.45, 2.75) is 46.6 Å². The van der Waals surface area contributed by atoms with Crippen LogP contribution in [0.1, 0.15) is 40.5 Å². The maximum Gasteiger partial charge on any atom is 0.255 e. The first-order valence-corrected chi connectivity index (χ1v) is 10.7. The molecule has 1 amide bonds. The van der Waals surface area contributed by atoms with E-state index in [1.54, 1.807) is 15.5 Å². The maximum atomic E-state index is 12.3. The lowest BCUT2D eigenvalue weighted by molar-refractivity contribution is -0.117. The fourth-order valence-corrected chi connectivity index (χ4v) is 3.88. The van der Waals surface area contributed by atoms with Gasteiger partial charge in [0.05, 0.1) is 5.56 Å². The lowest BCUT2D eigenvalue weighted by atomic mass is 9.88. The molecule has 1 aliphatic heterocycles. The molecule has 1 fully saturated rings. The summed E-state index contributed by atoms with van der Waals surface area (Å²) in [5.74, 6) is 1.17. The standard InChI is InChI=1S/C21H24Cl2N6O/c1-12(21(2,3)4)26-19-17(18(23)27-20-24-11-25-29(19)20)14-10-13(7-8-15(14)22)28-9-5-6-16(28)30/h7-8,10-12,26H,5-6,9H2,1-4H3/t12-/m1/s1. The Morgan fingerprint density at radius 2 is 2.00 bits per heavy atom. The summed E-state index contributed by atoms with van der Waals surface area (Å²) in [5, 5.41) is 8.66. The molecule has 0 unspecified atom stereocenters. The van der Waals surface area contributed by atoms with Crippen molar-refractivity contribution >= 4 is 46.4 Å². The molecular formula is C21H24Cl2N6O. The van der Waals surface area contributed by atoms with Crippen LogP contribution in [-0.4, -0.2) is 38.1 Å². The third-order valence-electron chi connectivity index (χ3n) is 5.64. The van der Waals surface area contributed by atoms with Gasteiger partial charge in [-0.2, -0.15) is 19.6 Å². The third-order valence-corrected chi connectivity index (χ3v) is 6.24. The Kier molecular flexibility index (Phi) is 5.36. The first kappa shape index (κ1) is 20.9. The predicted molar refractivity (Wildman–Crippen MR) is 120 cm³/mol. The number of halogens is 2. The summed E-state index contributed by atoms with van der Waals surface area (Å²) in [6.45, 7) is 9.25. The summed E-state index contributed by atoms with van der Waals surface area (Å²) >= 11 is 13.2. The molecule has 3 aromatic rings. The van der Waals surface area contributed by atoms with Crippen LogP contribution in [0.2, 0.25) is 10.2 Å². The smallest absolute Gasteiger partial charge is 0.255 e. The molecule has 9 heteroatoms. The molecule has 3 heterocycles. The third kappa shape index (κ3) is 3.72. The van der Waals surface area contributed by atoms with Crippen molar-refractivity contribution in [3.63, 3.8) is 0 Å². The molecule has 7 nitrogen and oxygen atoms in total. The summed E-state index contributed by atoms with van der Waals surface area (Å²) in [5.41, 5.74) is 2.09. The zero-order valence-electron chi connectivity index (χ0n) is 17.4. The van der Waals surface area contributed by atoms with Crippen molar-refractivity contribution in [2.75, 3.05) is 16.8 Å². The SMILES string of the molecule is C[C@@H](Nc1c(-c2cc(N3CCCC3=O)ccc2Cl)c(Cl)nc2ncnn12)C(C)(C)C. The minimum absolute atomic E-state index is 0.0203. The van der Waals surface area contributed by atoms with Crippen LogP contribution in [0.25, 0.3) is 16.9 Å². The van der Waals surface area contributed by atoms with Crippen molar-refractivity contribution < 1.29 is 4.79 Å². The normalized spacial score (nSPS) is 15.8. The average Bonchev–Trinajstić information content (AvgIpc) is 3.30. The van der Waals surface area contributed by atoms with Crippen molar-refractivity contribution in [3.05, 3.63) is 34.7 Å². The molecule has 0 aliphatic carbocycles. The molecule has 1 saturated heterocycles. The van der Waals surface area contributed by atoms with Gasteiger partial charge >= 0.3 is 0 Å². The lowest BCUT2D eigenvalue weighted by Crippen LogP contribution is -2.32. The van der Waals surface area contributed by atoms with Gasteiger partial charge < -0.3 is 10.2 Å². The fraction of sp³-hybridized carbons (Fsp3) is 0.429. The van der Waals surface area contributed by atoms with Gasteiger partial charge in [-0.15, -0.1) is 0 Å². The molecule has 0 bridgehead atoms. The molecule has 1 N–H and O–H groups in total. The predicted octanol–water partition coefficient (Wildman–Crippen LogP) is 5.07. The van der Waals surface area contributed by atoms with Gasteiger partial charge in [-0.05, 0) is 37.0 Å². The molecular weight excluding hydrogens is 423 g/mol. The topological polar surface area (TPSA) is 75.4 Å². The second kappa shape index (κ2) is 7.71. The Bertz CT molecular complexity index is 1120. The summed E-state index contributed by atoms with van der Waals surface area (Å²) in [4.78, 5) is 22.6. The van der Waals surface area contributed by atoms with Crippen LogP contribution in [0.5, 0.6) is 0 Å². The number of amides is 1. The Morgan fingerprint density at radius 1 is 1.23 bits per heavy atom. The molecule has 30 heavy (non-hydrogen) atoms. The molecule has 1 aromatic carbocycles. The number of rotatable bonds is 4. The molecule has 1 atom stereocenters. The zero-order valence-corrected chi connectivity index (χ0v) is 18.9. The molecule has 4 rings (SSSR count). The van der Waals surface area contributed by atoms with Crippen LogP contribution in [-0.2, 0) is 4.79 Å². The van der Waals surface area contributed by atoms with Gasteiger partial charge in [0.25, 0.3) is 5.78 Å². The average molecular weight is 447 g/mol. The van der Waals surface area contributed by atoms with Crippen LogP contribution < -0.4 is 10.2 Å². The van der Waals surface area contributed by atoms with Crippen LogP contribution in [0.4, 0.5) is 11.5 Å². The van der Waals surface area contributed by atoms with Crippen molar-refractivity contribution in [1.82, 2.24) is 19.6 Å². The van der Waals surface area contributed by atoms with Gasteiger partial charge in [0, 0.05) is 35.3 Å². The van der Waals surface area contributed by atoms with Crippen LogP contribution >= 0.6 is 23.2 Å². The number of nitrogens with one attached hydrogen (secondary N) is 1. The van der Waals surface area contributed by atoms with E-state index in [1.165, 1.54) is 6.33 Å². The van der Waals surface area contributed by atoms with Crippen molar-refractivity contribution in [3.8, 4) is 11.1 Å². The highest BCUT2D eigenvalue weighted by Gasteiger charge is 2.27. The Labute approximate surface area is 185 Å². The lowest BCUT2D eigenvalue weighted by Gasteiger charge is -2.30.